The van der Waals surface area contributed by atoms with Gasteiger partial charge in [-0.2, -0.15) is 0 Å². The Labute approximate surface area is 76.7 Å². The van der Waals surface area contributed by atoms with Crippen LogP contribution in [0.3, 0.4) is 0 Å². The van der Waals surface area contributed by atoms with Gasteiger partial charge in [-0.05, 0) is 37.5 Å². The van der Waals surface area contributed by atoms with E-state index >= 15 is 0 Å². The third-order valence-electron chi connectivity index (χ3n) is 3.41. The first-order valence-electron chi connectivity index (χ1n) is 5.35. The number of hydrogen-bond acceptors (Lipinski definition) is 1. The summed E-state index contributed by atoms with van der Waals surface area (Å²) in [4.78, 5) is 0. The smallest absolute Gasteiger partial charge is 0.00131 e. The van der Waals surface area contributed by atoms with Crippen molar-refractivity contribution in [1.29, 1.82) is 0 Å². The van der Waals surface area contributed by atoms with Crippen molar-refractivity contribution in [2.45, 2.75) is 52.5 Å². The lowest BCUT2D eigenvalue weighted by Gasteiger charge is -2.32. The topological polar surface area (TPSA) is 26.0 Å². The normalized spacial score (nSPS) is 39.5. The molecule has 0 saturated heterocycles. The minimum Gasteiger partial charge on any atom is -0.328 e. The van der Waals surface area contributed by atoms with Gasteiger partial charge in [0.25, 0.3) is 0 Å². The zero-order valence-electron chi connectivity index (χ0n) is 8.72. The Morgan fingerprint density at radius 2 is 1.92 bits per heavy atom. The lowest BCUT2D eigenvalue weighted by Crippen LogP contribution is -2.26. The van der Waals surface area contributed by atoms with Crippen molar-refractivity contribution < 1.29 is 0 Å². The van der Waals surface area contributed by atoms with Crippen LogP contribution in [0.5, 0.6) is 0 Å². The van der Waals surface area contributed by atoms with Gasteiger partial charge in [-0.3, -0.25) is 0 Å². The molecule has 0 radical (unpaired) electrons. The molecule has 4 atom stereocenters. The van der Waals surface area contributed by atoms with Gasteiger partial charge in [-0.1, -0.05) is 26.7 Å². The van der Waals surface area contributed by atoms with Crippen molar-refractivity contribution in [3.05, 3.63) is 0 Å². The number of hydrogen-bond donors (Lipinski definition) is 1. The average molecular weight is 169 g/mol. The van der Waals surface area contributed by atoms with Crippen LogP contribution >= 0.6 is 0 Å². The predicted octanol–water partition coefficient (Wildman–Crippen LogP) is 2.80. The van der Waals surface area contributed by atoms with Crippen LogP contribution in [0.2, 0.25) is 0 Å². The molecule has 0 aromatic rings. The van der Waals surface area contributed by atoms with E-state index in [4.69, 9.17) is 5.73 Å². The molecule has 1 nitrogen and oxygen atoms in total. The lowest BCUT2D eigenvalue weighted by atomic mass is 9.74. The van der Waals surface area contributed by atoms with Crippen LogP contribution in [0.25, 0.3) is 0 Å². The fourth-order valence-corrected chi connectivity index (χ4v) is 2.40. The molecule has 0 heterocycles. The highest BCUT2D eigenvalue weighted by atomic mass is 14.6. The maximum absolute atomic E-state index is 5.80. The summed E-state index contributed by atoms with van der Waals surface area (Å²) in [7, 11) is 0. The second-order valence-electron chi connectivity index (χ2n) is 4.85. The first kappa shape index (κ1) is 10.0. The Kier molecular flexibility index (Phi) is 3.57. The van der Waals surface area contributed by atoms with Gasteiger partial charge < -0.3 is 5.73 Å². The Bertz CT molecular complexity index is 131. The van der Waals surface area contributed by atoms with Gasteiger partial charge >= 0.3 is 0 Å². The molecule has 0 aliphatic heterocycles. The van der Waals surface area contributed by atoms with Crippen molar-refractivity contribution in [2.24, 2.45) is 23.5 Å². The van der Waals surface area contributed by atoms with Gasteiger partial charge in [-0.15, -0.1) is 0 Å². The van der Waals surface area contributed by atoms with Gasteiger partial charge in [0.1, 0.15) is 0 Å². The zero-order valence-corrected chi connectivity index (χ0v) is 8.72. The molecule has 0 bridgehead atoms. The number of nitrogens with two attached hydrogens (primary N) is 1. The third-order valence-corrected chi connectivity index (χ3v) is 3.41. The summed E-state index contributed by atoms with van der Waals surface area (Å²) in [6, 6.07) is 0.399. The van der Waals surface area contributed by atoms with E-state index in [9.17, 15) is 0 Å². The van der Waals surface area contributed by atoms with Crippen molar-refractivity contribution in [1.82, 2.24) is 0 Å². The van der Waals surface area contributed by atoms with Crippen LogP contribution in [0.15, 0.2) is 0 Å². The molecule has 12 heavy (non-hydrogen) atoms. The Morgan fingerprint density at radius 1 is 1.25 bits per heavy atom. The monoisotopic (exact) mass is 169 g/mol. The molecule has 72 valence electrons. The van der Waals surface area contributed by atoms with Crippen molar-refractivity contribution >= 4 is 0 Å². The van der Waals surface area contributed by atoms with Crippen LogP contribution in [0.1, 0.15) is 46.5 Å². The Morgan fingerprint density at radius 3 is 2.42 bits per heavy atom. The standard InChI is InChI=1S/C11H23N/c1-8-4-5-11(6-9(8)2)7-10(3)12/h8-11H,4-7,12H2,1-3H3. The van der Waals surface area contributed by atoms with E-state index in [1.54, 1.807) is 0 Å². The van der Waals surface area contributed by atoms with Gasteiger partial charge in [0.05, 0.1) is 0 Å². The van der Waals surface area contributed by atoms with Crippen LogP contribution in [-0.2, 0) is 0 Å². The Hall–Kier alpha value is -0.0400. The van der Waals surface area contributed by atoms with Gasteiger partial charge in [0.2, 0.25) is 0 Å². The summed E-state index contributed by atoms with van der Waals surface area (Å²) < 4.78 is 0. The Balaban J connectivity index is 2.30. The van der Waals surface area contributed by atoms with Crippen LogP contribution < -0.4 is 5.73 Å². The maximum Gasteiger partial charge on any atom is 0.00131 e. The molecule has 1 aliphatic carbocycles. The molecular formula is C11H23N. The van der Waals surface area contributed by atoms with E-state index in [1.165, 1.54) is 25.7 Å². The molecule has 1 fully saturated rings. The minimum absolute atomic E-state index is 0.399. The average Bonchev–Trinajstić information content (AvgIpc) is 1.96. The van der Waals surface area contributed by atoms with Gasteiger partial charge in [0.15, 0.2) is 0 Å². The first-order chi connectivity index (χ1) is 5.59. The highest BCUT2D eigenvalue weighted by Gasteiger charge is 2.24. The molecule has 1 saturated carbocycles. The molecule has 0 aromatic carbocycles. The minimum atomic E-state index is 0.399. The zero-order chi connectivity index (χ0) is 9.14. The highest BCUT2D eigenvalue weighted by Crippen LogP contribution is 2.35. The highest BCUT2D eigenvalue weighted by molar-refractivity contribution is 4.77. The molecular weight excluding hydrogens is 146 g/mol. The summed E-state index contributed by atoms with van der Waals surface area (Å²) in [5, 5.41) is 0. The van der Waals surface area contributed by atoms with E-state index < -0.39 is 0 Å². The molecule has 2 N–H and O–H groups in total. The second kappa shape index (κ2) is 4.27. The summed E-state index contributed by atoms with van der Waals surface area (Å²) in [5.41, 5.74) is 5.80. The third kappa shape index (κ3) is 2.78. The fourth-order valence-electron chi connectivity index (χ4n) is 2.40. The lowest BCUT2D eigenvalue weighted by molar-refractivity contribution is 0.195. The van der Waals surface area contributed by atoms with Gasteiger partial charge in [0, 0.05) is 6.04 Å². The predicted molar refractivity (Wildman–Crippen MR) is 53.9 cm³/mol. The maximum atomic E-state index is 5.80. The summed E-state index contributed by atoms with van der Waals surface area (Å²) >= 11 is 0. The summed E-state index contributed by atoms with van der Waals surface area (Å²) in [6.45, 7) is 6.90. The first-order valence-corrected chi connectivity index (χ1v) is 5.35. The quantitative estimate of drug-likeness (QED) is 0.676. The van der Waals surface area contributed by atoms with Crippen molar-refractivity contribution in [3.8, 4) is 0 Å². The molecule has 1 aliphatic rings. The SMILES string of the molecule is CC(N)CC1CCC(C)C(C)C1. The van der Waals surface area contributed by atoms with E-state index in [0.717, 1.165) is 17.8 Å². The molecule has 0 amide bonds. The fraction of sp³-hybridized carbons (Fsp3) is 1.00. The number of rotatable bonds is 2. The summed E-state index contributed by atoms with van der Waals surface area (Å²) in [6.07, 6.45) is 5.46. The van der Waals surface area contributed by atoms with Crippen LogP contribution in [0, 0.1) is 17.8 Å². The van der Waals surface area contributed by atoms with Crippen molar-refractivity contribution in [3.63, 3.8) is 0 Å². The van der Waals surface area contributed by atoms with Crippen molar-refractivity contribution in [2.75, 3.05) is 0 Å². The van der Waals surface area contributed by atoms with E-state index in [-0.39, 0.29) is 0 Å². The van der Waals surface area contributed by atoms with E-state index in [0.29, 0.717) is 6.04 Å². The van der Waals surface area contributed by atoms with E-state index in [1.807, 2.05) is 0 Å². The second-order valence-corrected chi connectivity index (χ2v) is 4.85. The summed E-state index contributed by atoms with van der Waals surface area (Å²) in [5.74, 6) is 2.77. The molecule has 0 spiro atoms. The molecule has 0 aromatic heterocycles. The van der Waals surface area contributed by atoms with Gasteiger partial charge in [-0.25, -0.2) is 0 Å². The molecule has 1 heteroatoms. The van der Waals surface area contributed by atoms with Crippen LogP contribution in [0.4, 0.5) is 0 Å². The largest absolute Gasteiger partial charge is 0.328 e. The molecule has 4 unspecified atom stereocenters. The van der Waals surface area contributed by atoms with Crippen LogP contribution in [-0.4, -0.2) is 6.04 Å². The van der Waals surface area contributed by atoms with E-state index in [2.05, 4.69) is 20.8 Å². The molecule has 1 rings (SSSR count).